The Balaban J connectivity index is 1.08. The molecule has 0 spiro atoms. The molecule has 1 saturated heterocycles. The Morgan fingerprint density at radius 1 is 0.844 bits per heavy atom. The minimum absolute atomic E-state index is 0.0515. The summed E-state index contributed by atoms with van der Waals surface area (Å²) in [6.07, 6.45) is 2.45. The van der Waals surface area contributed by atoms with Crippen LogP contribution in [0.2, 0.25) is 5.82 Å². The lowest BCUT2D eigenvalue weighted by Gasteiger charge is -2.64. The fraction of sp³-hybridized carbons (Fsp3) is 0.612. The van der Waals surface area contributed by atoms with E-state index in [1.165, 1.54) is 33.4 Å². The maximum absolute atomic E-state index is 13.6. The lowest BCUT2D eigenvalue weighted by Crippen LogP contribution is -2.65. The Morgan fingerprint density at radius 3 is 2.05 bits per heavy atom. The zero-order chi connectivity index (χ0) is 47.3. The van der Waals surface area contributed by atoms with Crippen molar-refractivity contribution < 1.29 is 48.0 Å². The molecule has 6 rings (SSSR count). The topological polar surface area (TPSA) is 211 Å². The third kappa shape index (κ3) is 11.6. The van der Waals surface area contributed by atoms with Crippen molar-refractivity contribution >= 4 is 48.1 Å². The largest absolute Gasteiger partial charge is 0.461 e. The maximum atomic E-state index is 13.6. The van der Waals surface area contributed by atoms with Crippen molar-refractivity contribution in [2.45, 2.75) is 161 Å². The van der Waals surface area contributed by atoms with Gasteiger partial charge in [-0.05, 0) is 98.3 Å². The number of nitrogens with zero attached hydrogens (tertiary/aromatic N) is 1. The highest BCUT2D eigenvalue weighted by atomic mass is 16.7. The van der Waals surface area contributed by atoms with E-state index in [0.717, 1.165) is 48.1 Å². The Labute approximate surface area is 378 Å². The van der Waals surface area contributed by atoms with Gasteiger partial charge >= 0.3 is 7.12 Å². The summed E-state index contributed by atoms with van der Waals surface area (Å²) in [5, 5.41) is 15.9. The molecule has 2 aromatic carbocycles. The maximum Gasteiger partial charge on any atom is 0.461 e. The van der Waals surface area contributed by atoms with Gasteiger partial charge in [-0.25, -0.2) is 0 Å². The number of likely N-dealkylation sites (N-methyl/N-ethyl adjacent to an activating group) is 1. The van der Waals surface area contributed by atoms with E-state index < -0.39 is 96.7 Å². The molecule has 348 valence electrons. The minimum Gasteiger partial charge on any atom is -0.405 e. The highest BCUT2D eigenvalue weighted by molar-refractivity contribution is 6.47. The molecule has 4 fully saturated rings. The quantitative estimate of drug-likeness (QED) is 0.104. The van der Waals surface area contributed by atoms with E-state index in [0.29, 0.717) is 17.4 Å². The Morgan fingerprint density at radius 2 is 1.47 bits per heavy atom. The van der Waals surface area contributed by atoms with Gasteiger partial charge in [-0.2, -0.15) is 0 Å². The van der Waals surface area contributed by atoms with Gasteiger partial charge in [0.1, 0.15) is 6.04 Å². The molecule has 3 saturated carbocycles. The van der Waals surface area contributed by atoms with E-state index in [4.69, 9.17) is 15.0 Å². The van der Waals surface area contributed by atoms with E-state index in [9.17, 15) is 38.7 Å². The van der Waals surface area contributed by atoms with Crippen molar-refractivity contribution in [3.63, 3.8) is 0 Å². The summed E-state index contributed by atoms with van der Waals surface area (Å²) in [5.41, 5.74) is 8.81. The molecule has 2 bridgehead atoms. The third-order valence-electron chi connectivity index (χ3n) is 14.3. The second kappa shape index (κ2) is 21.1. The molecule has 0 aromatic heterocycles. The van der Waals surface area contributed by atoms with Crippen LogP contribution >= 0.6 is 0 Å². The molecular formula is C49H69BN4O10. The number of ketones is 3. The number of hydrogen-bond donors (Lipinski definition) is 4. The van der Waals surface area contributed by atoms with E-state index in [1.54, 1.807) is 12.1 Å². The number of nitrogens with two attached hydrogens (primary N) is 1. The van der Waals surface area contributed by atoms with Crippen molar-refractivity contribution in [2.75, 3.05) is 7.05 Å². The van der Waals surface area contributed by atoms with Crippen molar-refractivity contribution in [3.05, 3.63) is 59.7 Å². The van der Waals surface area contributed by atoms with Gasteiger partial charge in [0.2, 0.25) is 17.7 Å². The normalized spacial score (nSPS) is 23.5. The van der Waals surface area contributed by atoms with Crippen LogP contribution < -0.4 is 16.4 Å². The highest BCUT2D eigenvalue weighted by Gasteiger charge is 2.68. The zero-order valence-electron chi connectivity index (χ0n) is 39.1. The second-order valence-corrected chi connectivity index (χ2v) is 19.5. The van der Waals surface area contributed by atoms with Gasteiger partial charge in [0, 0.05) is 44.2 Å². The molecule has 10 atom stereocenters. The first kappa shape index (κ1) is 50.3. The average Bonchev–Trinajstić information content (AvgIpc) is 3.61. The first-order valence-corrected chi connectivity index (χ1v) is 23.0. The summed E-state index contributed by atoms with van der Waals surface area (Å²) >= 11 is 0. The predicted molar refractivity (Wildman–Crippen MR) is 244 cm³/mol. The number of aliphatic hydroxyl groups excluding tert-OH is 1. The number of amides is 4. The molecule has 2 aromatic rings. The summed E-state index contributed by atoms with van der Waals surface area (Å²) in [6, 6.07) is 11.9. The molecule has 4 amide bonds. The van der Waals surface area contributed by atoms with Crippen molar-refractivity contribution in [2.24, 2.45) is 28.9 Å². The van der Waals surface area contributed by atoms with Crippen LogP contribution in [0, 0.1) is 23.2 Å². The monoisotopic (exact) mass is 885 g/mol. The minimum atomic E-state index is -1.34. The van der Waals surface area contributed by atoms with Crippen LogP contribution in [0.1, 0.15) is 129 Å². The van der Waals surface area contributed by atoms with Crippen LogP contribution in [-0.4, -0.2) is 101 Å². The summed E-state index contributed by atoms with van der Waals surface area (Å²) in [7, 11) is 0.704. The van der Waals surface area contributed by atoms with Crippen LogP contribution in [0.25, 0.3) is 11.1 Å². The first-order chi connectivity index (χ1) is 30.1. The van der Waals surface area contributed by atoms with Crippen LogP contribution in [0.4, 0.5) is 0 Å². The molecule has 3 aliphatic carbocycles. The number of hydrogen-bond acceptors (Lipinski definition) is 10. The summed E-state index contributed by atoms with van der Waals surface area (Å²) in [4.78, 5) is 93.0. The Hall–Kier alpha value is -4.73. The number of aliphatic hydroxyl groups is 1. The van der Waals surface area contributed by atoms with Gasteiger partial charge in [-0.1, -0.05) is 77.4 Å². The number of aryl methyl sites for hydroxylation is 1. The highest BCUT2D eigenvalue weighted by Crippen LogP contribution is 2.66. The number of rotatable bonds is 23. The van der Waals surface area contributed by atoms with Gasteiger partial charge in [-0.3, -0.25) is 33.6 Å². The summed E-state index contributed by atoms with van der Waals surface area (Å²) in [5.74, 6) is -4.45. The molecular weight excluding hydrogens is 815 g/mol. The molecule has 1 heterocycles. The number of nitrogens with one attached hydrogen (secondary N) is 2. The lowest BCUT2D eigenvalue weighted by atomic mass is 9.43. The predicted octanol–water partition coefficient (Wildman–Crippen LogP) is 5.40. The standard InChI is InChI=1S/C49H69BN4O10/c1-10-11-12-32-13-15-33(16-14-32)34-17-19-35(20-18-34)47(62)52-30(4)38(56)21-22-44(60)54(9)45(31(5)55)40(58)23-28(2)46(61)53-37(27-43(51)59)39(57)24-29(3)50-63-42-26-36-25-41(48(36,6)7)49(42,8)64-50/h13-20,28-31,36-37,41-42,45,55H,10-12,21-27H2,1-9H3,(H2,51,59)(H,52,62)(H,53,61)/t28-,29-,30-,31?,36+,37+,41+,42?,45+,49+/m1/s1. The van der Waals surface area contributed by atoms with Crippen molar-refractivity contribution in [1.82, 2.24) is 15.5 Å². The van der Waals surface area contributed by atoms with Gasteiger partial charge in [0.15, 0.2) is 17.3 Å². The van der Waals surface area contributed by atoms with E-state index in [1.807, 2.05) is 19.1 Å². The summed E-state index contributed by atoms with van der Waals surface area (Å²) in [6.45, 7) is 14.9. The fourth-order valence-corrected chi connectivity index (χ4v) is 9.98. The second-order valence-electron chi connectivity index (χ2n) is 19.5. The molecule has 5 N–H and O–H groups in total. The van der Waals surface area contributed by atoms with Gasteiger partial charge in [0.25, 0.3) is 5.91 Å². The number of benzene rings is 2. The molecule has 64 heavy (non-hydrogen) atoms. The van der Waals surface area contributed by atoms with Gasteiger partial charge < -0.3 is 35.7 Å². The number of Topliss-reactive ketones (excluding diaryl/α,β-unsaturated/α-hetero) is 3. The lowest BCUT2D eigenvalue weighted by molar-refractivity contribution is -0.199. The summed E-state index contributed by atoms with van der Waals surface area (Å²) < 4.78 is 12.9. The zero-order valence-corrected chi connectivity index (χ0v) is 39.1. The first-order valence-electron chi connectivity index (χ1n) is 23.0. The fourth-order valence-electron chi connectivity index (χ4n) is 9.98. The van der Waals surface area contributed by atoms with E-state index in [2.05, 4.69) is 62.6 Å². The molecule has 0 radical (unpaired) electrons. The van der Waals surface area contributed by atoms with E-state index in [-0.39, 0.29) is 36.6 Å². The SMILES string of the molecule is CCCCc1ccc(-c2ccc(C(=O)N[C@H](C)C(=O)CCC(=O)N(C)[C@H](C(=O)C[C@@H](C)C(=O)N[C@@H](CC(N)=O)C(=O)C[C@@H](C)B3OC4C[C@@H]5C[C@@H](C5(C)C)[C@]4(C)O3)C(C)O)cc2)cc1. The average molecular weight is 885 g/mol. The molecule has 14 nitrogen and oxygen atoms in total. The number of unbranched alkanes of at least 4 members (excludes halogenated alkanes) is 1. The van der Waals surface area contributed by atoms with E-state index >= 15 is 0 Å². The Kier molecular flexibility index (Phi) is 16.5. The van der Waals surface area contributed by atoms with Crippen LogP contribution in [0.5, 0.6) is 0 Å². The van der Waals surface area contributed by atoms with Crippen molar-refractivity contribution in [3.8, 4) is 11.1 Å². The Bertz CT molecular complexity index is 2040. The molecule has 1 aliphatic heterocycles. The van der Waals surface area contributed by atoms with Crippen LogP contribution in [0.3, 0.4) is 0 Å². The van der Waals surface area contributed by atoms with Gasteiger partial charge in [-0.15, -0.1) is 0 Å². The number of carbonyl (C=O) groups excluding carboxylic acids is 7. The van der Waals surface area contributed by atoms with Gasteiger partial charge in [0.05, 0.1) is 36.3 Å². The number of carbonyl (C=O) groups is 7. The van der Waals surface area contributed by atoms with Crippen molar-refractivity contribution in [1.29, 1.82) is 0 Å². The third-order valence-corrected chi connectivity index (χ3v) is 14.3. The molecule has 2 unspecified atom stereocenters. The molecule has 15 heteroatoms. The smallest absolute Gasteiger partial charge is 0.405 e. The van der Waals surface area contributed by atoms with Crippen LogP contribution in [0.15, 0.2) is 48.5 Å². The molecule has 4 aliphatic rings. The number of primary amides is 1. The van der Waals surface area contributed by atoms with Crippen LogP contribution in [-0.2, 0) is 44.5 Å².